The summed E-state index contributed by atoms with van der Waals surface area (Å²) in [7, 11) is 1.78. The number of nitrogens with zero attached hydrogens (tertiary/aromatic N) is 1. The van der Waals surface area contributed by atoms with Gasteiger partial charge in [0, 0.05) is 18.6 Å². The van der Waals surface area contributed by atoms with Crippen LogP contribution in [0.5, 0.6) is 0 Å². The highest BCUT2D eigenvalue weighted by Gasteiger charge is 2.48. The molecule has 1 saturated carbocycles. The Balaban J connectivity index is 1.83. The molecule has 1 fully saturated rings. The molecule has 1 aromatic rings. The molecule has 4 heteroatoms. The van der Waals surface area contributed by atoms with Crippen molar-refractivity contribution in [3.8, 4) is 0 Å². The van der Waals surface area contributed by atoms with Crippen molar-refractivity contribution in [1.29, 1.82) is 0 Å². The molecule has 4 nitrogen and oxygen atoms in total. The monoisotopic (exact) mass is 210 g/mol. The molecule has 1 aliphatic rings. The van der Waals surface area contributed by atoms with Crippen LogP contribution in [-0.4, -0.2) is 24.2 Å². The third-order valence-corrected chi connectivity index (χ3v) is 3.47. The second-order valence-corrected chi connectivity index (χ2v) is 4.68. The minimum Gasteiger partial charge on any atom is -0.447 e. The molecule has 0 amide bonds. The average molecular weight is 210 g/mol. The fourth-order valence-electron chi connectivity index (χ4n) is 2.19. The van der Waals surface area contributed by atoms with Gasteiger partial charge in [-0.15, -0.1) is 0 Å². The van der Waals surface area contributed by atoms with Crippen LogP contribution < -0.4 is 5.32 Å². The molecule has 2 rings (SSSR count). The topological polar surface area (TPSA) is 47.3 Å². The Labute approximate surface area is 90.0 Å². The molecule has 0 aliphatic heterocycles. The van der Waals surface area contributed by atoms with E-state index in [9.17, 15) is 0 Å². The third-order valence-electron chi connectivity index (χ3n) is 3.47. The lowest BCUT2D eigenvalue weighted by atomic mass is 9.64. The first kappa shape index (κ1) is 10.6. The van der Waals surface area contributed by atoms with E-state index in [1.54, 1.807) is 13.3 Å². The minimum atomic E-state index is 0.203. The summed E-state index contributed by atoms with van der Waals surface area (Å²) in [5, 5.41) is 3.46. The van der Waals surface area contributed by atoms with E-state index in [-0.39, 0.29) is 5.41 Å². The molecule has 1 aliphatic carbocycles. The van der Waals surface area contributed by atoms with Crippen molar-refractivity contribution in [2.75, 3.05) is 7.11 Å². The summed E-state index contributed by atoms with van der Waals surface area (Å²) < 4.78 is 10.6. The highest BCUT2D eigenvalue weighted by atomic mass is 16.5. The van der Waals surface area contributed by atoms with Gasteiger partial charge >= 0.3 is 0 Å². The quantitative estimate of drug-likeness (QED) is 0.819. The van der Waals surface area contributed by atoms with Gasteiger partial charge in [0.25, 0.3) is 0 Å². The summed E-state index contributed by atoms with van der Waals surface area (Å²) in [6.45, 7) is 5.19. The van der Waals surface area contributed by atoms with Gasteiger partial charge in [-0.05, 0) is 6.42 Å². The van der Waals surface area contributed by atoms with Crippen molar-refractivity contribution >= 4 is 0 Å². The Hall–Kier alpha value is -0.870. The Kier molecular flexibility index (Phi) is 2.80. The van der Waals surface area contributed by atoms with E-state index in [2.05, 4.69) is 24.1 Å². The van der Waals surface area contributed by atoms with Gasteiger partial charge in [-0.3, -0.25) is 0 Å². The molecule has 0 saturated heterocycles. The Morgan fingerprint density at radius 3 is 3.00 bits per heavy atom. The van der Waals surface area contributed by atoms with Crippen LogP contribution in [0.4, 0.5) is 0 Å². The van der Waals surface area contributed by atoms with Gasteiger partial charge < -0.3 is 14.5 Å². The normalized spacial score (nSPS) is 28.7. The van der Waals surface area contributed by atoms with Crippen molar-refractivity contribution in [3.63, 3.8) is 0 Å². The van der Waals surface area contributed by atoms with Gasteiger partial charge in [0.1, 0.15) is 5.76 Å². The second-order valence-electron chi connectivity index (χ2n) is 4.68. The minimum absolute atomic E-state index is 0.203. The zero-order valence-electron chi connectivity index (χ0n) is 9.49. The molecule has 0 bridgehead atoms. The molecule has 0 radical (unpaired) electrons. The first-order valence-corrected chi connectivity index (χ1v) is 5.28. The molecule has 1 heterocycles. The maximum atomic E-state index is 5.39. The SMILES string of the molecule is COC1CC(NCc2cnco2)C1(C)C. The molecule has 2 unspecified atom stereocenters. The first-order chi connectivity index (χ1) is 7.14. The van der Waals surface area contributed by atoms with Crippen LogP contribution >= 0.6 is 0 Å². The summed E-state index contributed by atoms with van der Waals surface area (Å²) in [4.78, 5) is 3.88. The fraction of sp³-hybridized carbons (Fsp3) is 0.727. The van der Waals surface area contributed by atoms with E-state index in [4.69, 9.17) is 9.15 Å². The molecular weight excluding hydrogens is 192 g/mol. The molecule has 2 atom stereocenters. The molecule has 1 N–H and O–H groups in total. The summed E-state index contributed by atoms with van der Waals surface area (Å²) >= 11 is 0. The number of nitrogens with one attached hydrogen (secondary N) is 1. The number of hydrogen-bond acceptors (Lipinski definition) is 4. The van der Waals surface area contributed by atoms with E-state index in [1.165, 1.54) is 6.39 Å². The standard InChI is InChI=1S/C11H18N2O2/c1-11(2)9(4-10(11)14-3)13-6-8-5-12-7-15-8/h5,7,9-10,13H,4,6H2,1-3H3. The smallest absolute Gasteiger partial charge is 0.180 e. The van der Waals surface area contributed by atoms with Crippen molar-refractivity contribution in [2.45, 2.75) is 39.0 Å². The van der Waals surface area contributed by atoms with Crippen molar-refractivity contribution in [2.24, 2.45) is 5.41 Å². The van der Waals surface area contributed by atoms with Crippen LogP contribution in [0.1, 0.15) is 26.0 Å². The van der Waals surface area contributed by atoms with Crippen LogP contribution in [0.2, 0.25) is 0 Å². The van der Waals surface area contributed by atoms with Crippen LogP contribution in [0.3, 0.4) is 0 Å². The van der Waals surface area contributed by atoms with Gasteiger partial charge in [-0.2, -0.15) is 0 Å². The molecular formula is C11H18N2O2. The van der Waals surface area contributed by atoms with Gasteiger partial charge in [0.15, 0.2) is 6.39 Å². The number of hydrogen-bond donors (Lipinski definition) is 1. The molecule has 0 spiro atoms. The number of methoxy groups -OCH3 is 1. The Morgan fingerprint density at radius 1 is 1.67 bits per heavy atom. The van der Waals surface area contributed by atoms with Crippen molar-refractivity contribution in [1.82, 2.24) is 10.3 Å². The van der Waals surface area contributed by atoms with E-state index in [0.717, 1.165) is 18.7 Å². The maximum Gasteiger partial charge on any atom is 0.180 e. The van der Waals surface area contributed by atoms with Crippen LogP contribution in [0.15, 0.2) is 17.0 Å². The second kappa shape index (κ2) is 3.94. The zero-order chi connectivity index (χ0) is 10.9. The summed E-state index contributed by atoms with van der Waals surface area (Å²) in [6.07, 6.45) is 4.63. The van der Waals surface area contributed by atoms with Crippen LogP contribution in [-0.2, 0) is 11.3 Å². The van der Waals surface area contributed by atoms with Crippen molar-refractivity contribution < 1.29 is 9.15 Å². The number of oxazole rings is 1. The number of aromatic nitrogens is 1. The highest BCUT2D eigenvalue weighted by Crippen LogP contribution is 2.42. The predicted molar refractivity (Wildman–Crippen MR) is 56.3 cm³/mol. The van der Waals surface area contributed by atoms with Gasteiger partial charge in [-0.1, -0.05) is 13.8 Å². The third kappa shape index (κ3) is 1.92. The summed E-state index contributed by atoms with van der Waals surface area (Å²) in [5.74, 6) is 0.881. The largest absolute Gasteiger partial charge is 0.447 e. The first-order valence-electron chi connectivity index (χ1n) is 5.28. The number of ether oxygens (including phenoxy) is 1. The lowest BCUT2D eigenvalue weighted by Crippen LogP contribution is -2.60. The summed E-state index contributed by atoms with van der Waals surface area (Å²) in [5.41, 5.74) is 0.203. The molecule has 0 aromatic carbocycles. The fourth-order valence-corrected chi connectivity index (χ4v) is 2.19. The van der Waals surface area contributed by atoms with Gasteiger partial charge in [-0.25, -0.2) is 4.98 Å². The highest BCUT2D eigenvalue weighted by molar-refractivity contribution is 5.03. The van der Waals surface area contributed by atoms with Crippen LogP contribution in [0, 0.1) is 5.41 Å². The summed E-state index contributed by atoms with van der Waals surface area (Å²) in [6, 6.07) is 0.493. The Bertz CT molecular complexity index is 308. The van der Waals surface area contributed by atoms with E-state index in [0.29, 0.717) is 12.1 Å². The van der Waals surface area contributed by atoms with Gasteiger partial charge in [0.05, 0.1) is 18.8 Å². The van der Waals surface area contributed by atoms with Crippen LogP contribution in [0.25, 0.3) is 0 Å². The Morgan fingerprint density at radius 2 is 2.47 bits per heavy atom. The maximum absolute atomic E-state index is 5.39. The average Bonchev–Trinajstić information content (AvgIpc) is 2.69. The predicted octanol–water partition coefficient (Wildman–Crippen LogP) is 1.58. The molecule has 84 valence electrons. The molecule has 15 heavy (non-hydrogen) atoms. The van der Waals surface area contributed by atoms with E-state index >= 15 is 0 Å². The van der Waals surface area contributed by atoms with Crippen molar-refractivity contribution in [3.05, 3.63) is 18.4 Å². The van der Waals surface area contributed by atoms with Gasteiger partial charge in [0.2, 0.25) is 0 Å². The zero-order valence-corrected chi connectivity index (χ0v) is 9.49. The molecule has 1 aromatic heterocycles. The van der Waals surface area contributed by atoms with E-state index < -0.39 is 0 Å². The van der Waals surface area contributed by atoms with E-state index in [1.807, 2.05) is 0 Å². The lowest BCUT2D eigenvalue weighted by molar-refractivity contribution is -0.0982. The lowest BCUT2D eigenvalue weighted by Gasteiger charge is -2.51. The number of rotatable bonds is 4.